The standard InChI is InChI=1S/C18H27N3OS/c1-5-8-11-23-20-14-9-10-16-15(12-14)13(4)17(19-16)18(22)21(6-2)7-3/h9-10,12,19-20H,5-8,11H2,1-4H3. The molecule has 2 N–H and O–H groups in total. The van der Waals surface area contributed by atoms with Gasteiger partial charge in [-0.3, -0.25) is 4.79 Å². The fraction of sp³-hybridized carbons (Fsp3) is 0.500. The fourth-order valence-electron chi connectivity index (χ4n) is 2.62. The minimum absolute atomic E-state index is 0.0792. The first-order chi connectivity index (χ1) is 11.1. The number of hydrogen-bond acceptors (Lipinski definition) is 3. The van der Waals surface area contributed by atoms with Gasteiger partial charge in [-0.2, -0.15) is 0 Å². The summed E-state index contributed by atoms with van der Waals surface area (Å²) in [6.45, 7) is 9.69. The highest BCUT2D eigenvalue weighted by molar-refractivity contribution is 8.00. The Hall–Kier alpha value is -1.62. The highest BCUT2D eigenvalue weighted by Crippen LogP contribution is 2.27. The van der Waals surface area contributed by atoms with Crippen molar-refractivity contribution in [3.8, 4) is 0 Å². The molecular weight excluding hydrogens is 306 g/mol. The van der Waals surface area contributed by atoms with Gasteiger partial charge in [0.05, 0.1) is 0 Å². The van der Waals surface area contributed by atoms with Crippen molar-refractivity contribution in [2.45, 2.75) is 40.5 Å². The van der Waals surface area contributed by atoms with Crippen molar-refractivity contribution in [3.05, 3.63) is 29.5 Å². The third-order valence-electron chi connectivity index (χ3n) is 4.11. The van der Waals surface area contributed by atoms with Crippen molar-refractivity contribution >= 4 is 34.4 Å². The number of benzene rings is 1. The number of carbonyl (C=O) groups excluding carboxylic acids is 1. The molecule has 126 valence electrons. The molecule has 23 heavy (non-hydrogen) atoms. The van der Waals surface area contributed by atoms with Crippen LogP contribution < -0.4 is 4.72 Å². The SMILES string of the molecule is CCCCSNc1ccc2[nH]c(C(=O)N(CC)CC)c(C)c2c1. The zero-order valence-corrected chi connectivity index (χ0v) is 15.3. The largest absolute Gasteiger partial charge is 0.350 e. The predicted octanol–water partition coefficient (Wildman–Crippen LogP) is 4.82. The molecule has 0 radical (unpaired) electrons. The Morgan fingerprint density at radius 2 is 2.00 bits per heavy atom. The van der Waals surface area contributed by atoms with Gasteiger partial charge in [-0.15, -0.1) is 0 Å². The van der Waals surface area contributed by atoms with Crippen LogP contribution in [0.3, 0.4) is 0 Å². The van der Waals surface area contributed by atoms with Crippen molar-refractivity contribution in [2.24, 2.45) is 0 Å². The fourth-order valence-corrected chi connectivity index (χ4v) is 3.45. The van der Waals surface area contributed by atoms with Gasteiger partial charge in [-0.05, 0) is 51.0 Å². The number of hydrogen-bond donors (Lipinski definition) is 2. The van der Waals surface area contributed by atoms with E-state index in [-0.39, 0.29) is 5.91 Å². The molecule has 0 fully saturated rings. The van der Waals surface area contributed by atoms with Crippen molar-refractivity contribution < 1.29 is 4.79 Å². The lowest BCUT2D eigenvalue weighted by Gasteiger charge is -2.18. The summed E-state index contributed by atoms with van der Waals surface area (Å²) in [5.41, 5.74) is 3.84. The molecule has 0 unspecified atom stereocenters. The molecule has 0 saturated heterocycles. The van der Waals surface area contributed by atoms with Crippen LogP contribution in [0.5, 0.6) is 0 Å². The second-order valence-electron chi connectivity index (χ2n) is 5.67. The van der Waals surface area contributed by atoms with Gasteiger partial charge in [-0.1, -0.05) is 25.3 Å². The molecule has 2 rings (SSSR count). The third kappa shape index (κ3) is 4.02. The maximum atomic E-state index is 12.6. The summed E-state index contributed by atoms with van der Waals surface area (Å²) in [6.07, 6.45) is 2.42. The molecule has 1 aromatic heterocycles. The number of H-pyrrole nitrogens is 1. The zero-order valence-electron chi connectivity index (χ0n) is 14.5. The minimum Gasteiger partial charge on any atom is -0.350 e. The number of anilines is 1. The molecule has 2 aromatic rings. The van der Waals surface area contributed by atoms with Crippen LogP contribution in [-0.2, 0) is 0 Å². The summed E-state index contributed by atoms with van der Waals surface area (Å²) in [7, 11) is 0. The van der Waals surface area contributed by atoms with Gasteiger partial charge in [0, 0.05) is 35.4 Å². The normalized spacial score (nSPS) is 11.0. The topological polar surface area (TPSA) is 48.1 Å². The summed E-state index contributed by atoms with van der Waals surface area (Å²) >= 11 is 1.74. The van der Waals surface area contributed by atoms with Crippen LogP contribution in [0.1, 0.15) is 49.7 Å². The lowest BCUT2D eigenvalue weighted by atomic mass is 10.1. The second kappa shape index (κ2) is 8.29. The number of nitrogens with zero attached hydrogens (tertiary/aromatic N) is 1. The lowest BCUT2D eigenvalue weighted by molar-refractivity contribution is 0.0767. The number of carbonyl (C=O) groups is 1. The van der Waals surface area contributed by atoms with E-state index in [9.17, 15) is 4.79 Å². The number of aromatic nitrogens is 1. The van der Waals surface area contributed by atoms with Crippen LogP contribution in [0.4, 0.5) is 5.69 Å². The molecule has 1 heterocycles. The Bertz CT molecular complexity index is 662. The Morgan fingerprint density at radius 1 is 1.26 bits per heavy atom. The van der Waals surface area contributed by atoms with Gasteiger partial charge in [0.2, 0.25) is 0 Å². The molecule has 1 amide bonds. The molecule has 0 spiro atoms. The van der Waals surface area contributed by atoms with Crippen molar-refractivity contribution in [1.29, 1.82) is 0 Å². The van der Waals surface area contributed by atoms with E-state index in [4.69, 9.17) is 0 Å². The molecule has 5 heteroatoms. The van der Waals surface area contributed by atoms with E-state index in [1.165, 1.54) is 12.8 Å². The Labute approximate surface area is 143 Å². The molecule has 4 nitrogen and oxygen atoms in total. The average Bonchev–Trinajstić information content (AvgIpc) is 2.89. The Kier molecular flexibility index (Phi) is 6.39. The zero-order chi connectivity index (χ0) is 16.8. The van der Waals surface area contributed by atoms with Crippen LogP contribution in [0.15, 0.2) is 18.2 Å². The first-order valence-corrected chi connectivity index (χ1v) is 9.40. The number of rotatable bonds is 8. The molecule has 1 aromatic carbocycles. The molecule has 0 aliphatic heterocycles. The van der Waals surface area contributed by atoms with E-state index >= 15 is 0 Å². The van der Waals surface area contributed by atoms with Gasteiger partial charge < -0.3 is 14.6 Å². The van der Waals surface area contributed by atoms with E-state index < -0.39 is 0 Å². The molecule has 0 saturated carbocycles. The van der Waals surface area contributed by atoms with Gasteiger partial charge in [0.1, 0.15) is 5.69 Å². The van der Waals surface area contributed by atoms with E-state index in [1.807, 2.05) is 31.7 Å². The van der Waals surface area contributed by atoms with Crippen LogP contribution >= 0.6 is 11.9 Å². The summed E-state index contributed by atoms with van der Waals surface area (Å²) in [5, 5.41) is 1.11. The second-order valence-corrected chi connectivity index (χ2v) is 6.57. The summed E-state index contributed by atoms with van der Waals surface area (Å²) in [6, 6.07) is 6.23. The summed E-state index contributed by atoms with van der Waals surface area (Å²) in [5.74, 6) is 1.18. The van der Waals surface area contributed by atoms with Gasteiger partial charge >= 0.3 is 0 Å². The van der Waals surface area contributed by atoms with Crippen LogP contribution in [-0.4, -0.2) is 34.6 Å². The van der Waals surface area contributed by atoms with E-state index in [2.05, 4.69) is 28.8 Å². The summed E-state index contributed by atoms with van der Waals surface area (Å²) < 4.78 is 3.39. The number of unbranched alkanes of at least 4 members (excludes halogenated alkanes) is 1. The van der Waals surface area contributed by atoms with Gasteiger partial charge in [0.15, 0.2) is 0 Å². The minimum atomic E-state index is 0.0792. The van der Waals surface area contributed by atoms with Crippen molar-refractivity contribution in [3.63, 3.8) is 0 Å². The van der Waals surface area contributed by atoms with Crippen LogP contribution in [0.2, 0.25) is 0 Å². The van der Waals surface area contributed by atoms with E-state index in [0.717, 1.165) is 41.0 Å². The quantitative estimate of drug-likeness (QED) is 0.538. The summed E-state index contributed by atoms with van der Waals surface area (Å²) in [4.78, 5) is 17.7. The maximum absolute atomic E-state index is 12.6. The first-order valence-electron chi connectivity index (χ1n) is 8.41. The highest BCUT2D eigenvalue weighted by atomic mass is 32.2. The lowest BCUT2D eigenvalue weighted by Crippen LogP contribution is -2.31. The Balaban J connectivity index is 2.23. The van der Waals surface area contributed by atoms with Crippen LogP contribution in [0, 0.1) is 6.92 Å². The van der Waals surface area contributed by atoms with Gasteiger partial charge in [-0.25, -0.2) is 0 Å². The van der Waals surface area contributed by atoms with Crippen LogP contribution in [0.25, 0.3) is 10.9 Å². The molecule has 0 bridgehead atoms. The first kappa shape index (κ1) is 17.7. The van der Waals surface area contributed by atoms with Crippen molar-refractivity contribution in [1.82, 2.24) is 9.88 Å². The van der Waals surface area contributed by atoms with E-state index in [1.54, 1.807) is 11.9 Å². The smallest absolute Gasteiger partial charge is 0.270 e. The number of fused-ring (bicyclic) bond motifs is 1. The third-order valence-corrected chi connectivity index (χ3v) is 4.99. The van der Waals surface area contributed by atoms with E-state index in [0.29, 0.717) is 5.69 Å². The number of amides is 1. The Morgan fingerprint density at radius 3 is 2.65 bits per heavy atom. The maximum Gasteiger partial charge on any atom is 0.270 e. The highest BCUT2D eigenvalue weighted by Gasteiger charge is 2.19. The number of nitrogens with one attached hydrogen (secondary N) is 2. The number of aromatic amines is 1. The molecular formula is C18H27N3OS. The monoisotopic (exact) mass is 333 g/mol. The molecule has 0 aliphatic carbocycles. The molecule has 0 aliphatic rings. The average molecular weight is 334 g/mol. The van der Waals surface area contributed by atoms with Gasteiger partial charge in [0.25, 0.3) is 5.91 Å². The molecule has 0 atom stereocenters. The van der Waals surface area contributed by atoms with Crippen molar-refractivity contribution in [2.75, 3.05) is 23.6 Å². The number of aryl methyl sites for hydroxylation is 1. The predicted molar refractivity (Wildman–Crippen MR) is 101 cm³/mol.